The minimum atomic E-state index is -0.185. The third-order valence-corrected chi connectivity index (χ3v) is 3.17. The maximum atomic E-state index is 13.8. The normalized spacial score (nSPS) is 20.4. The summed E-state index contributed by atoms with van der Waals surface area (Å²) in [6, 6.07) is 1.34. The summed E-state index contributed by atoms with van der Waals surface area (Å²) in [5.41, 5.74) is 7.26. The third-order valence-electron chi connectivity index (χ3n) is 3.17. The van der Waals surface area contributed by atoms with Gasteiger partial charge in [-0.15, -0.1) is 0 Å². The van der Waals surface area contributed by atoms with Crippen LogP contribution in [0.3, 0.4) is 0 Å². The molecule has 1 unspecified atom stereocenters. The lowest BCUT2D eigenvalue weighted by molar-refractivity contribution is 0.312. The number of rotatable bonds is 0. The molecule has 82 valence electrons. The molecule has 0 bridgehead atoms. The summed E-state index contributed by atoms with van der Waals surface area (Å²) in [6.07, 6.45) is 1.82. The van der Waals surface area contributed by atoms with Crippen LogP contribution >= 0.6 is 0 Å². The molecule has 2 rings (SSSR count). The highest BCUT2D eigenvalue weighted by atomic mass is 19.1. The van der Waals surface area contributed by atoms with Crippen molar-refractivity contribution in [2.24, 2.45) is 5.41 Å². The van der Waals surface area contributed by atoms with E-state index in [9.17, 15) is 4.39 Å². The summed E-state index contributed by atoms with van der Waals surface area (Å²) >= 11 is 0. The zero-order chi connectivity index (χ0) is 11.2. The Morgan fingerprint density at radius 1 is 1.47 bits per heavy atom. The second kappa shape index (κ2) is 3.19. The minimum Gasteiger partial charge on any atom is -0.384 e. The van der Waals surface area contributed by atoms with Gasteiger partial charge in [0.15, 0.2) is 0 Å². The largest absolute Gasteiger partial charge is 0.384 e. The van der Waals surface area contributed by atoms with Crippen LogP contribution < -0.4 is 5.73 Å². The predicted octanol–water partition coefficient (Wildman–Crippen LogP) is 2.88. The molecule has 2 nitrogen and oxygen atoms in total. The van der Waals surface area contributed by atoms with Gasteiger partial charge in [-0.25, -0.2) is 9.37 Å². The smallest absolute Gasteiger partial charge is 0.132 e. The minimum absolute atomic E-state index is 0.0872. The van der Waals surface area contributed by atoms with Crippen LogP contribution in [0.1, 0.15) is 44.4 Å². The lowest BCUT2D eigenvalue weighted by Crippen LogP contribution is -2.17. The highest BCUT2D eigenvalue weighted by Crippen LogP contribution is 2.45. The van der Waals surface area contributed by atoms with Crippen molar-refractivity contribution >= 4 is 5.82 Å². The van der Waals surface area contributed by atoms with Crippen LogP contribution in [0.5, 0.6) is 0 Å². The van der Waals surface area contributed by atoms with Gasteiger partial charge in [-0.05, 0) is 24.2 Å². The van der Waals surface area contributed by atoms with E-state index in [1.807, 2.05) is 0 Å². The molecule has 0 aromatic carbocycles. The lowest BCUT2D eigenvalue weighted by Gasteiger charge is -2.27. The number of anilines is 1. The second-order valence-electron chi connectivity index (χ2n) is 5.35. The fourth-order valence-corrected chi connectivity index (χ4v) is 2.44. The number of aryl methyl sites for hydroxylation is 1. The van der Waals surface area contributed by atoms with Gasteiger partial charge in [-0.2, -0.15) is 0 Å². The number of nitrogens with two attached hydrogens (primary N) is 1. The maximum Gasteiger partial charge on any atom is 0.132 e. The Balaban J connectivity index is 2.51. The molecule has 0 saturated carbocycles. The number of fused-ring (bicyclic) bond motifs is 1. The van der Waals surface area contributed by atoms with Crippen LogP contribution in [-0.4, -0.2) is 4.98 Å². The van der Waals surface area contributed by atoms with Crippen LogP contribution in [-0.2, 0) is 6.42 Å². The molecule has 0 fully saturated rings. The average molecular weight is 208 g/mol. The van der Waals surface area contributed by atoms with Crippen molar-refractivity contribution in [3.63, 3.8) is 0 Å². The van der Waals surface area contributed by atoms with E-state index in [-0.39, 0.29) is 17.2 Å². The Labute approximate surface area is 89.7 Å². The molecule has 0 aliphatic heterocycles. The van der Waals surface area contributed by atoms with Gasteiger partial charge >= 0.3 is 0 Å². The van der Waals surface area contributed by atoms with E-state index in [0.717, 1.165) is 24.1 Å². The van der Waals surface area contributed by atoms with Crippen molar-refractivity contribution in [3.05, 3.63) is 23.1 Å². The second-order valence-corrected chi connectivity index (χ2v) is 5.35. The van der Waals surface area contributed by atoms with Gasteiger partial charge in [-0.1, -0.05) is 20.8 Å². The first kappa shape index (κ1) is 10.4. The molecule has 2 N–H and O–H groups in total. The zero-order valence-electron chi connectivity index (χ0n) is 9.47. The number of halogens is 1. The van der Waals surface area contributed by atoms with Crippen molar-refractivity contribution < 1.29 is 4.39 Å². The fraction of sp³-hybridized carbons (Fsp3) is 0.583. The molecule has 1 aliphatic carbocycles. The summed E-state index contributed by atoms with van der Waals surface area (Å²) in [5.74, 6) is 0.372. The Bertz CT molecular complexity index is 393. The highest BCUT2D eigenvalue weighted by molar-refractivity contribution is 5.40. The Hall–Kier alpha value is -1.12. The Kier molecular flexibility index (Phi) is 2.21. The molecular formula is C12H17FN2. The lowest BCUT2D eigenvalue weighted by atomic mass is 9.77. The molecule has 1 heterocycles. The SMILES string of the molecule is CC(C)(C)C1CCc2nc(N)cc(F)c21. The van der Waals surface area contributed by atoms with Crippen LogP contribution in [0, 0.1) is 11.2 Å². The number of nitrogen functional groups attached to an aromatic ring is 1. The van der Waals surface area contributed by atoms with Crippen LogP contribution in [0.15, 0.2) is 6.07 Å². The Morgan fingerprint density at radius 2 is 2.13 bits per heavy atom. The van der Waals surface area contributed by atoms with Gasteiger partial charge in [-0.3, -0.25) is 0 Å². The number of pyridine rings is 1. The zero-order valence-corrected chi connectivity index (χ0v) is 9.47. The van der Waals surface area contributed by atoms with Crippen LogP contribution in [0.25, 0.3) is 0 Å². The van der Waals surface area contributed by atoms with Crippen LogP contribution in [0.4, 0.5) is 10.2 Å². The molecule has 15 heavy (non-hydrogen) atoms. The van der Waals surface area contributed by atoms with Crippen molar-refractivity contribution in [2.45, 2.75) is 39.5 Å². The van der Waals surface area contributed by atoms with E-state index < -0.39 is 0 Å². The van der Waals surface area contributed by atoms with Crippen LogP contribution in [0.2, 0.25) is 0 Å². The van der Waals surface area contributed by atoms with Gasteiger partial charge in [0.1, 0.15) is 11.6 Å². The van der Waals surface area contributed by atoms with E-state index >= 15 is 0 Å². The summed E-state index contributed by atoms with van der Waals surface area (Å²) in [7, 11) is 0. The quantitative estimate of drug-likeness (QED) is 0.712. The molecule has 0 spiro atoms. The van der Waals surface area contributed by atoms with Crippen molar-refractivity contribution in [2.75, 3.05) is 5.73 Å². The summed E-state index contributed by atoms with van der Waals surface area (Å²) in [4.78, 5) is 4.22. The van der Waals surface area contributed by atoms with Gasteiger partial charge in [0.05, 0.1) is 0 Å². The molecule has 1 atom stereocenters. The summed E-state index contributed by atoms with van der Waals surface area (Å²) in [5, 5.41) is 0. The topological polar surface area (TPSA) is 38.9 Å². The molecule has 1 aromatic heterocycles. The molecule has 0 saturated heterocycles. The first-order valence-corrected chi connectivity index (χ1v) is 5.34. The standard InChI is InChI=1S/C12H17FN2/c1-12(2,3)7-4-5-9-11(7)8(13)6-10(14)15-9/h6-7H,4-5H2,1-3H3,(H2,14,15). The van der Waals surface area contributed by atoms with Crippen molar-refractivity contribution in [1.82, 2.24) is 4.98 Å². The van der Waals surface area contributed by atoms with E-state index in [2.05, 4.69) is 25.8 Å². The van der Waals surface area contributed by atoms with Gasteiger partial charge in [0.2, 0.25) is 0 Å². The summed E-state index contributed by atoms with van der Waals surface area (Å²) in [6.45, 7) is 6.42. The monoisotopic (exact) mass is 208 g/mol. The first-order valence-electron chi connectivity index (χ1n) is 5.34. The maximum absolute atomic E-state index is 13.8. The van der Waals surface area contributed by atoms with Crippen molar-refractivity contribution in [1.29, 1.82) is 0 Å². The van der Waals surface area contributed by atoms with Crippen molar-refractivity contribution in [3.8, 4) is 0 Å². The van der Waals surface area contributed by atoms with E-state index in [4.69, 9.17) is 5.73 Å². The molecule has 1 aliphatic rings. The molecule has 1 aromatic rings. The van der Waals surface area contributed by atoms with Gasteiger partial charge in [0.25, 0.3) is 0 Å². The van der Waals surface area contributed by atoms with E-state index in [1.165, 1.54) is 6.07 Å². The number of hydrogen-bond acceptors (Lipinski definition) is 2. The van der Waals surface area contributed by atoms with E-state index in [0.29, 0.717) is 5.82 Å². The summed E-state index contributed by atoms with van der Waals surface area (Å²) < 4.78 is 13.8. The third kappa shape index (κ3) is 1.71. The Morgan fingerprint density at radius 3 is 2.73 bits per heavy atom. The molecule has 3 heteroatoms. The highest BCUT2D eigenvalue weighted by Gasteiger charge is 2.35. The van der Waals surface area contributed by atoms with Gasteiger partial charge in [0, 0.05) is 17.3 Å². The number of nitrogens with zero attached hydrogens (tertiary/aromatic N) is 1. The van der Waals surface area contributed by atoms with Gasteiger partial charge < -0.3 is 5.73 Å². The first-order chi connectivity index (χ1) is 6.89. The molecule has 0 amide bonds. The predicted molar refractivity (Wildman–Crippen MR) is 59.1 cm³/mol. The average Bonchev–Trinajstić information content (AvgIpc) is 2.45. The molecular weight excluding hydrogens is 191 g/mol. The molecule has 0 radical (unpaired) electrons. The number of aromatic nitrogens is 1. The number of hydrogen-bond donors (Lipinski definition) is 1. The fourth-order valence-electron chi connectivity index (χ4n) is 2.44. The van der Waals surface area contributed by atoms with E-state index in [1.54, 1.807) is 0 Å².